The summed E-state index contributed by atoms with van der Waals surface area (Å²) in [5, 5.41) is 10.4. The average molecular weight is 614 g/mol. The van der Waals surface area contributed by atoms with E-state index in [2.05, 4.69) is 0 Å². The van der Waals surface area contributed by atoms with Gasteiger partial charge in [0.05, 0.1) is 31.4 Å². The molecule has 224 valence electrons. The van der Waals surface area contributed by atoms with Crippen LogP contribution < -0.4 is 19.1 Å². The van der Waals surface area contributed by atoms with Crippen molar-refractivity contribution in [2.24, 2.45) is 0 Å². The number of hydrogen-bond acceptors (Lipinski definition) is 9. The maximum Gasteiger partial charge on any atom is 0.339 e. The van der Waals surface area contributed by atoms with Gasteiger partial charge in [0.25, 0.3) is 11.8 Å². The number of carbonyl (C=O) groups excluding carboxylic acids is 2. The number of aromatic hydroxyl groups is 1. The summed E-state index contributed by atoms with van der Waals surface area (Å²) in [5.41, 5.74) is 2.37. The van der Waals surface area contributed by atoms with Crippen molar-refractivity contribution in [2.45, 2.75) is 30.7 Å². The molecule has 0 aromatic heterocycles. The number of rotatable bonds is 6. The quantitative estimate of drug-likeness (QED) is 0.240. The third-order valence-electron chi connectivity index (χ3n) is 7.91. The van der Waals surface area contributed by atoms with E-state index in [1.165, 1.54) is 50.6 Å². The molecule has 4 aromatic rings. The smallest absolute Gasteiger partial charge is 0.339 e. The van der Waals surface area contributed by atoms with E-state index in [0.717, 1.165) is 10.5 Å². The minimum atomic E-state index is -4.28. The molecule has 10 nitrogen and oxygen atoms in total. The first kappa shape index (κ1) is 28.9. The van der Waals surface area contributed by atoms with E-state index >= 15 is 0 Å². The molecule has 2 aliphatic rings. The molecule has 0 fully saturated rings. The van der Waals surface area contributed by atoms with Crippen molar-refractivity contribution in [3.8, 4) is 34.1 Å². The van der Waals surface area contributed by atoms with E-state index in [0.29, 0.717) is 22.3 Å². The molecule has 6 rings (SSSR count). The van der Waals surface area contributed by atoms with Crippen molar-refractivity contribution in [2.75, 3.05) is 14.2 Å². The van der Waals surface area contributed by atoms with Crippen molar-refractivity contribution in [1.82, 2.24) is 4.90 Å². The van der Waals surface area contributed by atoms with E-state index in [-0.39, 0.29) is 46.1 Å². The van der Waals surface area contributed by atoms with Crippen LogP contribution in [0.2, 0.25) is 0 Å². The summed E-state index contributed by atoms with van der Waals surface area (Å²) in [5.74, 6) is -1.58. The molecule has 11 heteroatoms. The van der Waals surface area contributed by atoms with Crippen LogP contribution in [0, 0.1) is 6.92 Å². The molecular formula is C33H27NO9S. The second-order valence-corrected chi connectivity index (χ2v) is 12.0. The summed E-state index contributed by atoms with van der Waals surface area (Å²) >= 11 is 0. The molecule has 1 heterocycles. The number of aryl methyl sites for hydroxylation is 2. The number of nitrogens with zero attached hydrogens (tertiary/aromatic N) is 1. The molecule has 44 heavy (non-hydrogen) atoms. The molecule has 2 amide bonds. The molecular weight excluding hydrogens is 586 g/mol. The number of amides is 2. The van der Waals surface area contributed by atoms with Gasteiger partial charge in [0, 0.05) is 5.56 Å². The van der Waals surface area contributed by atoms with Gasteiger partial charge < -0.3 is 18.8 Å². The Labute approximate surface area is 253 Å². The minimum absolute atomic E-state index is 0.0230. The van der Waals surface area contributed by atoms with Crippen molar-refractivity contribution >= 4 is 21.9 Å². The van der Waals surface area contributed by atoms with E-state index < -0.39 is 39.2 Å². The number of imide groups is 1. The van der Waals surface area contributed by atoms with Crippen molar-refractivity contribution in [3.63, 3.8) is 0 Å². The molecule has 0 radical (unpaired) electrons. The van der Waals surface area contributed by atoms with Gasteiger partial charge in [0.2, 0.25) is 11.2 Å². The predicted octanol–water partition coefficient (Wildman–Crippen LogP) is 4.80. The van der Waals surface area contributed by atoms with Crippen molar-refractivity contribution < 1.29 is 36.8 Å². The first-order valence-corrected chi connectivity index (χ1v) is 15.1. The van der Waals surface area contributed by atoms with Gasteiger partial charge in [0.15, 0.2) is 17.2 Å². The summed E-state index contributed by atoms with van der Waals surface area (Å²) in [6.45, 7) is 1.83. The average Bonchev–Trinajstić information content (AvgIpc) is 3.09. The molecule has 4 aromatic carbocycles. The lowest BCUT2D eigenvalue weighted by Gasteiger charge is -2.26. The number of ether oxygens (including phenoxy) is 2. The van der Waals surface area contributed by atoms with E-state index in [1.807, 2.05) is 6.92 Å². The zero-order valence-corrected chi connectivity index (χ0v) is 24.8. The van der Waals surface area contributed by atoms with Gasteiger partial charge in [-0.15, -0.1) is 0 Å². The monoisotopic (exact) mass is 613 g/mol. The van der Waals surface area contributed by atoms with Crippen LogP contribution in [0.1, 0.15) is 49.9 Å². The number of methoxy groups -OCH3 is 2. The largest absolute Gasteiger partial charge is 0.504 e. The summed E-state index contributed by atoms with van der Waals surface area (Å²) < 4.78 is 43.6. The second-order valence-electron chi connectivity index (χ2n) is 10.5. The van der Waals surface area contributed by atoms with Gasteiger partial charge in [-0.05, 0) is 78.9 Å². The minimum Gasteiger partial charge on any atom is -0.504 e. The first-order chi connectivity index (χ1) is 21.1. The maximum atomic E-state index is 13.6. The van der Waals surface area contributed by atoms with Gasteiger partial charge in [-0.3, -0.25) is 19.3 Å². The van der Waals surface area contributed by atoms with E-state index in [4.69, 9.17) is 13.7 Å². The molecule has 0 unspecified atom stereocenters. The Morgan fingerprint density at radius 1 is 0.818 bits per heavy atom. The van der Waals surface area contributed by atoms with Gasteiger partial charge in [0.1, 0.15) is 4.90 Å². The zero-order chi connectivity index (χ0) is 31.3. The Morgan fingerprint density at radius 2 is 1.45 bits per heavy atom. The molecule has 1 N–H and O–H groups in total. The topological polar surface area (TPSA) is 137 Å². The number of benzene rings is 3. The molecule has 0 bridgehead atoms. The van der Waals surface area contributed by atoms with E-state index in [9.17, 15) is 27.9 Å². The first-order valence-electron chi connectivity index (χ1n) is 13.7. The Balaban J connectivity index is 1.55. The molecule has 0 saturated carbocycles. The maximum absolute atomic E-state index is 13.6. The highest BCUT2D eigenvalue weighted by Gasteiger charge is 2.42. The number of hydrogen-bond donors (Lipinski definition) is 1. The van der Waals surface area contributed by atoms with Crippen LogP contribution in [0.4, 0.5) is 0 Å². The van der Waals surface area contributed by atoms with Crippen LogP contribution in [-0.4, -0.2) is 44.5 Å². The molecule has 0 spiro atoms. The van der Waals surface area contributed by atoms with Crippen LogP contribution in [0.3, 0.4) is 0 Å². The van der Waals surface area contributed by atoms with Crippen LogP contribution in [0.5, 0.6) is 23.0 Å². The zero-order valence-electron chi connectivity index (χ0n) is 24.0. The lowest BCUT2D eigenvalue weighted by molar-refractivity contribution is 0.0575. The van der Waals surface area contributed by atoms with E-state index in [1.54, 1.807) is 36.4 Å². The van der Waals surface area contributed by atoms with Gasteiger partial charge in [-0.1, -0.05) is 35.9 Å². The van der Waals surface area contributed by atoms with Crippen LogP contribution in [0.25, 0.3) is 11.1 Å². The summed E-state index contributed by atoms with van der Waals surface area (Å²) in [6, 6.07) is 17.2. The third-order valence-corrected chi connectivity index (χ3v) is 9.16. The molecule has 1 aliphatic carbocycles. The molecule has 0 saturated heterocycles. The van der Waals surface area contributed by atoms with Crippen LogP contribution in [-0.2, 0) is 16.5 Å². The van der Waals surface area contributed by atoms with Gasteiger partial charge in [-0.2, -0.15) is 8.42 Å². The Kier molecular flexibility index (Phi) is 7.13. The van der Waals surface area contributed by atoms with Gasteiger partial charge in [-0.25, -0.2) is 0 Å². The van der Waals surface area contributed by atoms with Crippen LogP contribution >= 0.6 is 0 Å². The Morgan fingerprint density at radius 3 is 2.07 bits per heavy atom. The summed E-state index contributed by atoms with van der Waals surface area (Å²) in [6.07, 6.45) is 0.405. The highest BCUT2D eigenvalue weighted by atomic mass is 32.2. The number of fused-ring (bicyclic) bond motifs is 4. The lowest BCUT2D eigenvalue weighted by atomic mass is 9.95. The molecule has 1 atom stereocenters. The lowest BCUT2D eigenvalue weighted by Crippen LogP contribution is -2.34. The Hall–Kier alpha value is -5.16. The fourth-order valence-corrected chi connectivity index (χ4v) is 6.75. The van der Waals surface area contributed by atoms with Crippen molar-refractivity contribution in [1.29, 1.82) is 0 Å². The fourth-order valence-electron chi connectivity index (χ4n) is 5.82. The highest BCUT2D eigenvalue weighted by molar-refractivity contribution is 7.87. The third kappa shape index (κ3) is 4.65. The summed E-state index contributed by atoms with van der Waals surface area (Å²) in [4.78, 5) is 41.1. The second kappa shape index (κ2) is 10.8. The normalized spacial score (nSPS) is 15.6. The predicted molar refractivity (Wildman–Crippen MR) is 160 cm³/mol. The molecule has 1 aliphatic heterocycles. The Bertz CT molecular complexity index is 1990. The standard InChI is InChI=1S/C33H27NO9S/c1-18-8-11-20(12-9-18)44(39,40)43-28-16-19-10-14-25(34-32(37)22-6-4-5-7-23(22)33(34)38)24-17-27(36)26(35)15-13-21(24)29(19)31(42-3)30(28)41-2/h4-9,11-13,15-17,25H,10,14H2,1-3H3,(H,35,36)/t25-/m0/s1. The number of carbonyl (C=O) groups is 2. The van der Waals surface area contributed by atoms with Gasteiger partial charge >= 0.3 is 10.1 Å². The SMILES string of the molecule is COc1c(OS(=O)(=O)c2ccc(C)cc2)cc2c(c1OC)-c1ccc(O)c(=O)cc1[C@@H](N1C(=O)c3ccccc3C1=O)CC2. The fraction of sp³-hybridized carbons (Fsp3) is 0.182. The highest BCUT2D eigenvalue weighted by Crippen LogP contribution is 2.52. The van der Waals surface area contributed by atoms with Crippen LogP contribution in [0.15, 0.2) is 82.5 Å². The van der Waals surface area contributed by atoms with Crippen molar-refractivity contribution in [3.05, 3.63) is 111 Å². The summed E-state index contributed by atoms with van der Waals surface area (Å²) in [7, 11) is -1.57.